The Kier molecular flexibility index (Phi) is 4.34. The van der Waals surface area contributed by atoms with Crippen LogP contribution < -0.4 is 4.74 Å². The highest BCUT2D eigenvalue weighted by Crippen LogP contribution is 2.31. The molecule has 0 spiro atoms. The third kappa shape index (κ3) is 3.07. The van der Waals surface area contributed by atoms with Crippen molar-refractivity contribution in [3.8, 4) is 16.3 Å². The van der Waals surface area contributed by atoms with E-state index in [0.29, 0.717) is 6.61 Å². The summed E-state index contributed by atoms with van der Waals surface area (Å²) in [6.45, 7) is 4.22. The second kappa shape index (κ2) is 6.42. The molecule has 0 bridgehead atoms. The molecule has 3 rings (SSSR count). The van der Waals surface area contributed by atoms with Crippen molar-refractivity contribution in [1.29, 1.82) is 0 Å². The lowest BCUT2D eigenvalue weighted by Gasteiger charge is -2.05. The molecule has 0 aliphatic rings. The van der Waals surface area contributed by atoms with E-state index in [4.69, 9.17) is 14.5 Å². The molecule has 0 aliphatic heterocycles. The number of aryl methyl sites for hydroxylation is 1. The quantitative estimate of drug-likeness (QED) is 0.672. The summed E-state index contributed by atoms with van der Waals surface area (Å²) >= 11 is 1.62. The monoisotopic (exact) mass is 330 g/mol. The van der Waals surface area contributed by atoms with E-state index >= 15 is 0 Å². The lowest BCUT2D eigenvalue weighted by molar-refractivity contribution is -0.142. The standard InChI is InChI=1S/C17H18N2O3S/c1-4-22-16(20)9-13-17(14-7-11(2)10-23-14)18-15-8-12(21-3)5-6-19(13)15/h5-8,10H,4,9H2,1-3H3. The molecule has 0 aromatic carbocycles. The van der Waals surface area contributed by atoms with Crippen LogP contribution in [0, 0.1) is 6.92 Å². The second-order valence-electron chi connectivity index (χ2n) is 5.17. The maximum Gasteiger partial charge on any atom is 0.311 e. The van der Waals surface area contributed by atoms with Crippen LogP contribution >= 0.6 is 11.3 Å². The third-order valence-corrected chi connectivity index (χ3v) is 4.57. The van der Waals surface area contributed by atoms with Crippen molar-refractivity contribution in [3.05, 3.63) is 41.0 Å². The van der Waals surface area contributed by atoms with E-state index in [1.807, 2.05) is 29.7 Å². The van der Waals surface area contributed by atoms with Crippen LogP contribution in [0.3, 0.4) is 0 Å². The molecule has 3 heterocycles. The number of aromatic nitrogens is 2. The molecule has 0 amide bonds. The van der Waals surface area contributed by atoms with Gasteiger partial charge < -0.3 is 13.9 Å². The van der Waals surface area contributed by atoms with E-state index in [0.717, 1.165) is 27.7 Å². The average Bonchev–Trinajstić information content (AvgIpc) is 3.11. The van der Waals surface area contributed by atoms with E-state index in [-0.39, 0.29) is 12.4 Å². The number of carbonyl (C=O) groups excluding carboxylic acids is 1. The summed E-state index contributed by atoms with van der Waals surface area (Å²) in [5.74, 6) is 0.485. The molecule has 0 radical (unpaired) electrons. The molecule has 0 saturated heterocycles. The van der Waals surface area contributed by atoms with Crippen LogP contribution in [0.15, 0.2) is 29.8 Å². The van der Waals surface area contributed by atoms with Gasteiger partial charge in [0.2, 0.25) is 0 Å². The van der Waals surface area contributed by atoms with Crippen LogP contribution in [-0.2, 0) is 16.0 Å². The first kappa shape index (κ1) is 15.6. The Morgan fingerprint density at radius 2 is 2.22 bits per heavy atom. The van der Waals surface area contributed by atoms with Crippen molar-refractivity contribution >= 4 is 23.0 Å². The van der Waals surface area contributed by atoms with E-state index in [1.165, 1.54) is 5.56 Å². The van der Waals surface area contributed by atoms with Crippen molar-refractivity contribution in [3.63, 3.8) is 0 Å². The van der Waals surface area contributed by atoms with Gasteiger partial charge in [0, 0.05) is 12.3 Å². The molecule has 120 valence electrons. The van der Waals surface area contributed by atoms with Crippen molar-refractivity contribution in [2.75, 3.05) is 13.7 Å². The van der Waals surface area contributed by atoms with Crippen molar-refractivity contribution in [1.82, 2.24) is 9.38 Å². The normalized spacial score (nSPS) is 10.9. The zero-order chi connectivity index (χ0) is 16.4. The number of fused-ring (bicyclic) bond motifs is 1. The molecule has 6 heteroatoms. The molecule has 0 fully saturated rings. The minimum absolute atomic E-state index is 0.188. The number of ether oxygens (including phenoxy) is 2. The maximum atomic E-state index is 12.0. The molecule has 0 unspecified atom stereocenters. The van der Waals surface area contributed by atoms with Gasteiger partial charge in [0.1, 0.15) is 17.1 Å². The highest BCUT2D eigenvalue weighted by atomic mass is 32.1. The molecule has 0 aliphatic carbocycles. The molecule has 3 aromatic heterocycles. The summed E-state index contributed by atoms with van der Waals surface area (Å²) in [7, 11) is 1.62. The number of rotatable bonds is 5. The first-order valence-electron chi connectivity index (χ1n) is 7.38. The maximum absolute atomic E-state index is 12.0. The number of carbonyl (C=O) groups is 1. The van der Waals surface area contributed by atoms with Gasteiger partial charge in [-0.1, -0.05) is 0 Å². The van der Waals surface area contributed by atoms with Crippen LogP contribution in [0.2, 0.25) is 0 Å². The summed E-state index contributed by atoms with van der Waals surface area (Å²) in [6, 6.07) is 5.80. The number of hydrogen-bond acceptors (Lipinski definition) is 5. The highest BCUT2D eigenvalue weighted by Gasteiger charge is 2.19. The molecule has 23 heavy (non-hydrogen) atoms. The largest absolute Gasteiger partial charge is 0.497 e. The predicted octanol–water partition coefficient (Wildman–Crippen LogP) is 3.49. The molecule has 5 nitrogen and oxygen atoms in total. The minimum Gasteiger partial charge on any atom is -0.497 e. The molecular formula is C17H18N2O3S. The molecule has 0 saturated carbocycles. The molecule has 0 atom stereocenters. The zero-order valence-corrected chi connectivity index (χ0v) is 14.1. The van der Waals surface area contributed by atoms with Crippen molar-refractivity contribution < 1.29 is 14.3 Å². The number of esters is 1. The average molecular weight is 330 g/mol. The SMILES string of the molecule is CCOC(=O)Cc1c(-c2cc(C)cs2)nc2cc(OC)ccn12. The number of methoxy groups -OCH3 is 1. The van der Waals surface area contributed by atoms with E-state index < -0.39 is 0 Å². The topological polar surface area (TPSA) is 52.8 Å². The van der Waals surface area contributed by atoms with Crippen LogP contribution in [0.4, 0.5) is 0 Å². The minimum atomic E-state index is -0.250. The summed E-state index contributed by atoms with van der Waals surface area (Å²) in [6.07, 6.45) is 2.06. The molecule has 0 N–H and O–H groups in total. The Labute approximate surface area is 138 Å². The number of hydrogen-bond donors (Lipinski definition) is 0. The Balaban J connectivity index is 2.13. The number of thiophene rings is 1. The van der Waals surface area contributed by atoms with Crippen LogP contribution in [0.5, 0.6) is 5.75 Å². The van der Waals surface area contributed by atoms with Gasteiger partial charge in [-0.2, -0.15) is 0 Å². The van der Waals surface area contributed by atoms with Crippen molar-refractivity contribution in [2.24, 2.45) is 0 Å². The second-order valence-corrected chi connectivity index (χ2v) is 6.08. The third-order valence-electron chi connectivity index (χ3n) is 3.51. The lowest BCUT2D eigenvalue weighted by Crippen LogP contribution is -2.10. The predicted molar refractivity (Wildman–Crippen MR) is 90.1 cm³/mol. The highest BCUT2D eigenvalue weighted by molar-refractivity contribution is 7.13. The number of nitrogens with zero attached hydrogens (tertiary/aromatic N) is 2. The van der Waals surface area contributed by atoms with E-state index in [1.54, 1.807) is 25.4 Å². The van der Waals surface area contributed by atoms with Gasteiger partial charge in [0.15, 0.2) is 0 Å². The fraction of sp³-hybridized carbons (Fsp3) is 0.294. The number of imidazole rings is 1. The van der Waals surface area contributed by atoms with Gasteiger partial charge in [-0.15, -0.1) is 11.3 Å². The van der Waals surface area contributed by atoms with E-state index in [9.17, 15) is 4.79 Å². The van der Waals surface area contributed by atoms with Gasteiger partial charge in [-0.05, 0) is 36.9 Å². The summed E-state index contributed by atoms with van der Waals surface area (Å²) in [5.41, 5.74) is 3.60. The van der Waals surface area contributed by atoms with Crippen LogP contribution in [-0.4, -0.2) is 29.1 Å². The van der Waals surface area contributed by atoms with Gasteiger partial charge in [-0.25, -0.2) is 4.98 Å². The fourth-order valence-corrected chi connectivity index (χ4v) is 3.38. The summed E-state index contributed by atoms with van der Waals surface area (Å²) in [5, 5.41) is 2.08. The Morgan fingerprint density at radius 1 is 1.39 bits per heavy atom. The molecular weight excluding hydrogens is 312 g/mol. The Bertz CT molecular complexity index is 851. The van der Waals surface area contributed by atoms with Gasteiger partial charge in [0.25, 0.3) is 0 Å². The number of pyridine rings is 1. The first-order chi connectivity index (χ1) is 11.1. The fourth-order valence-electron chi connectivity index (χ4n) is 2.47. The summed E-state index contributed by atoms with van der Waals surface area (Å²) < 4.78 is 12.3. The van der Waals surface area contributed by atoms with Gasteiger partial charge in [0.05, 0.1) is 30.7 Å². The summed E-state index contributed by atoms with van der Waals surface area (Å²) in [4.78, 5) is 17.7. The Morgan fingerprint density at radius 3 is 2.87 bits per heavy atom. The first-order valence-corrected chi connectivity index (χ1v) is 8.26. The lowest BCUT2D eigenvalue weighted by atomic mass is 10.2. The van der Waals surface area contributed by atoms with Gasteiger partial charge in [-0.3, -0.25) is 4.79 Å². The Hall–Kier alpha value is -2.34. The zero-order valence-electron chi connectivity index (χ0n) is 13.3. The van der Waals surface area contributed by atoms with Crippen LogP contribution in [0.1, 0.15) is 18.2 Å². The van der Waals surface area contributed by atoms with Crippen LogP contribution in [0.25, 0.3) is 16.2 Å². The molecule has 3 aromatic rings. The van der Waals surface area contributed by atoms with Gasteiger partial charge >= 0.3 is 5.97 Å². The smallest absolute Gasteiger partial charge is 0.311 e. The van der Waals surface area contributed by atoms with Crippen molar-refractivity contribution in [2.45, 2.75) is 20.3 Å². The van der Waals surface area contributed by atoms with E-state index in [2.05, 4.69) is 11.4 Å².